The molecule has 2 aliphatic heterocycles. The van der Waals surface area contributed by atoms with Crippen molar-refractivity contribution in [3.8, 4) is 0 Å². The molecule has 2 aliphatic rings. The van der Waals surface area contributed by atoms with Gasteiger partial charge in [-0.2, -0.15) is 0 Å². The number of benzene rings is 2. The summed E-state index contributed by atoms with van der Waals surface area (Å²) in [7, 11) is 0. The van der Waals surface area contributed by atoms with Crippen LogP contribution in [0.15, 0.2) is 36.4 Å². The summed E-state index contributed by atoms with van der Waals surface area (Å²) in [6, 6.07) is 11.3. The van der Waals surface area contributed by atoms with E-state index in [0.717, 1.165) is 30.0 Å². The molecule has 4 heteroatoms. The third-order valence-corrected chi connectivity index (χ3v) is 6.16. The maximum Gasteiger partial charge on any atom is 0.261 e. The zero-order valence-corrected chi connectivity index (χ0v) is 15.0. The molecule has 0 aliphatic carbocycles. The van der Waals surface area contributed by atoms with Crippen molar-refractivity contribution >= 4 is 22.6 Å². The van der Waals surface area contributed by atoms with Gasteiger partial charge in [0.1, 0.15) is 5.60 Å². The zero-order valence-electron chi connectivity index (χ0n) is 15.0. The standard InChI is InChI=1S/C21H23NO3/c1-4-20(5-2)21(6-3,25-20)13-22-18(23)15-11-7-9-14-10-8-12-16(17(14)15)19(22)24/h7-12H,4-6,13H2,1-3H3. The van der Waals surface area contributed by atoms with Gasteiger partial charge in [-0.25, -0.2) is 0 Å². The minimum atomic E-state index is -0.415. The van der Waals surface area contributed by atoms with E-state index in [0.29, 0.717) is 17.7 Å². The van der Waals surface area contributed by atoms with Gasteiger partial charge in [0.05, 0.1) is 12.1 Å². The summed E-state index contributed by atoms with van der Waals surface area (Å²) in [6.07, 6.45) is 2.57. The molecule has 1 unspecified atom stereocenters. The largest absolute Gasteiger partial charge is 0.361 e. The molecule has 0 N–H and O–H groups in total. The number of rotatable bonds is 5. The molecule has 1 fully saturated rings. The van der Waals surface area contributed by atoms with Crippen molar-refractivity contribution in [3.05, 3.63) is 47.5 Å². The summed E-state index contributed by atoms with van der Waals surface area (Å²) in [5.74, 6) is -0.419. The molecule has 25 heavy (non-hydrogen) atoms. The van der Waals surface area contributed by atoms with Crippen LogP contribution in [0.1, 0.15) is 60.7 Å². The highest BCUT2D eigenvalue weighted by Gasteiger charge is 2.67. The van der Waals surface area contributed by atoms with Crippen LogP contribution in [0, 0.1) is 0 Å². The fraction of sp³-hybridized carbons (Fsp3) is 0.429. The van der Waals surface area contributed by atoms with Crippen LogP contribution in [0.5, 0.6) is 0 Å². The van der Waals surface area contributed by atoms with Gasteiger partial charge in [0.2, 0.25) is 0 Å². The summed E-state index contributed by atoms with van der Waals surface area (Å²) < 4.78 is 6.15. The maximum atomic E-state index is 13.1. The Balaban J connectivity index is 1.76. The second-order valence-electron chi connectivity index (χ2n) is 7.06. The average molecular weight is 337 g/mol. The Morgan fingerprint density at radius 2 is 1.36 bits per heavy atom. The summed E-state index contributed by atoms with van der Waals surface area (Å²) in [5, 5.41) is 1.71. The number of ether oxygens (including phenoxy) is 1. The summed E-state index contributed by atoms with van der Waals surface area (Å²) in [6.45, 7) is 6.61. The number of hydrogen-bond acceptors (Lipinski definition) is 3. The highest BCUT2D eigenvalue weighted by atomic mass is 16.6. The van der Waals surface area contributed by atoms with Crippen molar-refractivity contribution in [3.63, 3.8) is 0 Å². The SMILES string of the molecule is CCC1(CC)OC1(CC)CN1C(=O)c2cccc3cccc(c23)C1=O. The van der Waals surface area contributed by atoms with Crippen molar-refractivity contribution in [2.75, 3.05) is 6.54 Å². The molecule has 2 aromatic rings. The molecule has 1 atom stereocenters. The lowest BCUT2D eigenvalue weighted by molar-refractivity contribution is 0.0563. The number of epoxide rings is 1. The van der Waals surface area contributed by atoms with Gasteiger partial charge in [-0.15, -0.1) is 0 Å². The number of nitrogens with zero attached hydrogens (tertiary/aromatic N) is 1. The zero-order chi connectivity index (χ0) is 17.8. The molecule has 4 nitrogen and oxygen atoms in total. The number of imide groups is 1. The first-order valence-electron chi connectivity index (χ1n) is 9.10. The molecule has 2 aromatic carbocycles. The van der Waals surface area contributed by atoms with Crippen LogP contribution in [-0.4, -0.2) is 34.5 Å². The predicted molar refractivity (Wildman–Crippen MR) is 96.7 cm³/mol. The highest BCUT2D eigenvalue weighted by molar-refractivity contribution is 6.25. The predicted octanol–water partition coefficient (Wildman–Crippen LogP) is 4.17. The highest BCUT2D eigenvalue weighted by Crippen LogP contribution is 2.55. The molecule has 0 aromatic heterocycles. The van der Waals surface area contributed by atoms with Crippen molar-refractivity contribution < 1.29 is 14.3 Å². The number of amides is 2. The molecule has 2 heterocycles. The first-order chi connectivity index (χ1) is 12.0. The van der Waals surface area contributed by atoms with E-state index in [1.807, 2.05) is 36.4 Å². The second-order valence-corrected chi connectivity index (χ2v) is 7.06. The summed E-state index contributed by atoms with van der Waals surface area (Å²) in [5.41, 5.74) is 0.587. The van der Waals surface area contributed by atoms with Gasteiger partial charge in [0, 0.05) is 16.5 Å². The molecule has 130 valence electrons. The Morgan fingerprint density at radius 1 is 0.840 bits per heavy atom. The monoisotopic (exact) mass is 337 g/mol. The second kappa shape index (κ2) is 5.40. The topological polar surface area (TPSA) is 49.9 Å². The van der Waals surface area contributed by atoms with Crippen molar-refractivity contribution in [1.82, 2.24) is 4.90 Å². The summed E-state index contributed by atoms with van der Waals surface area (Å²) >= 11 is 0. The molecule has 0 radical (unpaired) electrons. The van der Waals surface area contributed by atoms with Gasteiger partial charge in [0.25, 0.3) is 11.8 Å². The van der Waals surface area contributed by atoms with Gasteiger partial charge in [-0.1, -0.05) is 45.0 Å². The Kier molecular flexibility index (Phi) is 3.51. The van der Waals surface area contributed by atoms with Gasteiger partial charge < -0.3 is 4.74 Å². The van der Waals surface area contributed by atoms with Crippen molar-refractivity contribution in [2.45, 2.75) is 51.2 Å². The molecule has 0 saturated carbocycles. The molecular formula is C21H23NO3. The van der Waals surface area contributed by atoms with Crippen LogP contribution in [0.4, 0.5) is 0 Å². The lowest BCUT2D eigenvalue weighted by Crippen LogP contribution is -2.47. The minimum absolute atomic E-state index is 0.210. The van der Waals surface area contributed by atoms with Gasteiger partial charge in [-0.05, 0) is 36.8 Å². The first kappa shape index (κ1) is 16.3. The van der Waals surface area contributed by atoms with E-state index in [-0.39, 0.29) is 17.4 Å². The van der Waals surface area contributed by atoms with Crippen molar-refractivity contribution in [2.24, 2.45) is 0 Å². The number of hydrogen-bond donors (Lipinski definition) is 0. The van der Waals surface area contributed by atoms with E-state index in [2.05, 4.69) is 20.8 Å². The van der Waals surface area contributed by atoms with E-state index < -0.39 is 5.60 Å². The third kappa shape index (κ3) is 2.04. The van der Waals surface area contributed by atoms with Gasteiger partial charge in [-0.3, -0.25) is 14.5 Å². The van der Waals surface area contributed by atoms with Crippen LogP contribution < -0.4 is 0 Å². The van der Waals surface area contributed by atoms with Crippen LogP contribution in [-0.2, 0) is 4.74 Å². The van der Waals surface area contributed by atoms with E-state index in [9.17, 15) is 9.59 Å². The van der Waals surface area contributed by atoms with Crippen LogP contribution in [0.3, 0.4) is 0 Å². The summed E-state index contributed by atoms with van der Waals surface area (Å²) in [4.78, 5) is 27.5. The van der Waals surface area contributed by atoms with Crippen LogP contribution >= 0.6 is 0 Å². The van der Waals surface area contributed by atoms with E-state index >= 15 is 0 Å². The maximum absolute atomic E-state index is 13.1. The first-order valence-corrected chi connectivity index (χ1v) is 9.10. The van der Waals surface area contributed by atoms with Crippen LogP contribution in [0.2, 0.25) is 0 Å². The van der Waals surface area contributed by atoms with E-state index in [4.69, 9.17) is 4.74 Å². The number of carbonyl (C=O) groups is 2. The minimum Gasteiger partial charge on any atom is -0.361 e. The average Bonchev–Trinajstić information content (AvgIpc) is 3.31. The molecule has 1 saturated heterocycles. The lowest BCUT2D eigenvalue weighted by Gasteiger charge is -2.30. The quantitative estimate of drug-likeness (QED) is 0.608. The molecule has 4 rings (SSSR count). The Morgan fingerprint density at radius 3 is 1.80 bits per heavy atom. The Hall–Kier alpha value is -2.20. The Labute approximate surface area is 147 Å². The van der Waals surface area contributed by atoms with Gasteiger partial charge in [0.15, 0.2) is 0 Å². The normalized spacial score (nSPS) is 24.0. The van der Waals surface area contributed by atoms with E-state index in [1.54, 1.807) is 0 Å². The Bertz CT molecular complexity index is 833. The smallest absolute Gasteiger partial charge is 0.261 e. The molecule has 2 amide bonds. The number of carbonyl (C=O) groups excluding carboxylic acids is 2. The lowest BCUT2D eigenvalue weighted by atomic mass is 9.84. The van der Waals surface area contributed by atoms with Gasteiger partial charge >= 0.3 is 0 Å². The fourth-order valence-electron chi connectivity index (χ4n) is 4.55. The molecular weight excluding hydrogens is 314 g/mol. The van der Waals surface area contributed by atoms with E-state index in [1.165, 1.54) is 4.90 Å². The fourth-order valence-corrected chi connectivity index (χ4v) is 4.55. The van der Waals surface area contributed by atoms with Crippen LogP contribution in [0.25, 0.3) is 10.8 Å². The molecule has 0 spiro atoms. The molecule has 0 bridgehead atoms. The third-order valence-electron chi connectivity index (χ3n) is 6.16. The van der Waals surface area contributed by atoms with Crippen molar-refractivity contribution in [1.29, 1.82) is 0 Å².